The summed E-state index contributed by atoms with van der Waals surface area (Å²) < 4.78 is 20.1. The fourth-order valence-corrected chi connectivity index (χ4v) is 8.93. The van der Waals surface area contributed by atoms with Crippen molar-refractivity contribution < 1.29 is 13.0 Å². The molecule has 0 atom stereocenters. The number of hydrogen-bond donors (Lipinski definition) is 0. The van der Waals surface area contributed by atoms with Crippen molar-refractivity contribution in [3.05, 3.63) is 91.0 Å². The lowest BCUT2D eigenvalue weighted by atomic mass is 10.3. The van der Waals surface area contributed by atoms with Gasteiger partial charge in [0.2, 0.25) is 25.0 Å². The van der Waals surface area contributed by atoms with Crippen molar-refractivity contribution in [3.8, 4) is 0 Å². The van der Waals surface area contributed by atoms with Crippen LogP contribution in [0.25, 0.3) is 0 Å². The van der Waals surface area contributed by atoms with Crippen LogP contribution in [-0.4, -0.2) is 32.3 Å². The molecule has 0 bridgehead atoms. The molecule has 0 spiro atoms. The largest absolute Gasteiger partial charge is 0.607 e. The van der Waals surface area contributed by atoms with Crippen LogP contribution in [0.1, 0.15) is 0 Å². The Labute approximate surface area is 191 Å². The third kappa shape index (κ3) is 6.38. The number of benzene rings is 3. The fourth-order valence-electron chi connectivity index (χ4n) is 3.52. The number of hydrogen-bond acceptors (Lipinski definition) is 3. The lowest BCUT2D eigenvalue weighted by Crippen LogP contribution is -2.60. The zero-order chi connectivity index (χ0) is 22.5. The maximum Gasteiger partial charge on any atom is 0.607 e. The molecule has 0 aromatic heterocycles. The highest BCUT2D eigenvalue weighted by Crippen LogP contribution is 2.18. The average Bonchev–Trinajstić information content (AvgIpc) is 2.75. The maximum absolute atomic E-state index is 6.70. The van der Waals surface area contributed by atoms with Gasteiger partial charge in [-0.15, -0.1) is 0 Å². The van der Waals surface area contributed by atoms with E-state index in [0.29, 0.717) is 0 Å². The van der Waals surface area contributed by atoms with Crippen molar-refractivity contribution in [2.75, 3.05) is 0 Å². The molecule has 0 saturated heterocycles. The van der Waals surface area contributed by atoms with Gasteiger partial charge in [-0.25, -0.2) is 0 Å². The molecule has 162 valence electrons. The Kier molecular flexibility index (Phi) is 7.57. The molecule has 0 aliphatic rings. The molecule has 0 aliphatic carbocycles. The highest BCUT2D eigenvalue weighted by Gasteiger charge is 2.43. The minimum absolute atomic E-state index is 0.703. The molecule has 0 radical (unpaired) electrons. The lowest BCUT2D eigenvalue weighted by molar-refractivity contribution is 0.305. The van der Waals surface area contributed by atoms with E-state index >= 15 is 0 Å². The minimum Gasteiger partial charge on any atom is -0.425 e. The molecule has 0 unspecified atom stereocenters. The lowest BCUT2D eigenvalue weighted by Gasteiger charge is -2.36. The Morgan fingerprint density at radius 1 is 0.419 bits per heavy atom. The van der Waals surface area contributed by atoms with Gasteiger partial charge >= 0.3 is 7.32 Å². The van der Waals surface area contributed by atoms with Crippen molar-refractivity contribution in [2.24, 2.45) is 0 Å². The smallest absolute Gasteiger partial charge is 0.425 e. The molecule has 3 aromatic carbocycles. The van der Waals surface area contributed by atoms with Gasteiger partial charge in [-0.1, -0.05) is 91.0 Å². The van der Waals surface area contributed by atoms with Gasteiger partial charge in [0.25, 0.3) is 0 Å². The van der Waals surface area contributed by atoms with Gasteiger partial charge in [-0.2, -0.15) is 0 Å². The zero-order valence-electron chi connectivity index (χ0n) is 19.5. The van der Waals surface area contributed by atoms with Gasteiger partial charge in [0.1, 0.15) is 0 Å². The topological polar surface area (TPSA) is 27.7 Å². The third-order valence-corrected chi connectivity index (χ3v) is 13.1. The SMILES string of the molecule is C[Si](C)(OB(O[Si](C)(C)c1ccccc1)O[Si](C)(C)c1ccccc1)c1ccccc1. The summed E-state index contributed by atoms with van der Waals surface area (Å²) >= 11 is 0. The number of rotatable bonds is 9. The third-order valence-electron chi connectivity index (χ3n) is 5.58. The molecular formula is C24H33BO3Si3. The first kappa shape index (κ1) is 23.9. The summed E-state index contributed by atoms with van der Waals surface area (Å²) in [6, 6.07) is 31.4. The molecule has 0 aliphatic heterocycles. The van der Waals surface area contributed by atoms with Crippen LogP contribution in [0.2, 0.25) is 39.3 Å². The van der Waals surface area contributed by atoms with Gasteiger partial charge in [0, 0.05) is 0 Å². The second-order valence-electron chi connectivity index (χ2n) is 9.27. The van der Waals surface area contributed by atoms with Gasteiger partial charge in [-0.3, -0.25) is 0 Å². The van der Waals surface area contributed by atoms with Crippen molar-refractivity contribution >= 4 is 47.8 Å². The highest BCUT2D eigenvalue weighted by molar-refractivity contribution is 6.94. The molecule has 0 amide bonds. The molecule has 0 heterocycles. The van der Waals surface area contributed by atoms with Crippen molar-refractivity contribution in [3.63, 3.8) is 0 Å². The quantitative estimate of drug-likeness (QED) is 0.441. The van der Waals surface area contributed by atoms with E-state index in [-0.39, 0.29) is 0 Å². The van der Waals surface area contributed by atoms with E-state index in [2.05, 4.69) is 112 Å². The van der Waals surface area contributed by atoms with Gasteiger partial charge in [0.05, 0.1) is 0 Å². The predicted molar refractivity (Wildman–Crippen MR) is 140 cm³/mol. The minimum atomic E-state index is -2.25. The molecule has 3 aromatic rings. The Bertz CT molecular complexity index is 824. The van der Waals surface area contributed by atoms with E-state index in [9.17, 15) is 0 Å². The molecule has 7 heteroatoms. The predicted octanol–water partition coefficient (Wildman–Crippen LogP) is 4.36. The summed E-state index contributed by atoms with van der Waals surface area (Å²) in [5, 5.41) is 3.68. The summed E-state index contributed by atoms with van der Waals surface area (Å²) in [6.45, 7) is 13.2. The van der Waals surface area contributed by atoms with E-state index in [4.69, 9.17) is 13.0 Å². The van der Waals surface area contributed by atoms with Crippen molar-refractivity contribution in [1.29, 1.82) is 0 Å². The summed E-state index contributed by atoms with van der Waals surface area (Å²) in [4.78, 5) is 0. The standard InChI is InChI=1S/C24H33BO3Si3/c1-29(2,22-16-10-7-11-17-22)26-25(27-30(3,4)23-18-12-8-13-19-23)28-31(5,6)24-20-14-9-15-21-24/h7-21H,1-6H3. The summed E-state index contributed by atoms with van der Waals surface area (Å²) in [5.41, 5.74) is 0. The van der Waals surface area contributed by atoms with Crippen molar-refractivity contribution in [2.45, 2.75) is 39.3 Å². The second kappa shape index (κ2) is 9.81. The van der Waals surface area contributed by atoms with E-state index in [1.165, 1.54) is 15.6 Å². The van der Waals surface area contributed by atoms with Crippen LogP contribution in [-0.2, 0) is 13.0 Å². The highest BCUT2D eigenvalue weighted by atomic mass is 28.4. The summed E-state index contributed by atoms with van der Waals surface area (Å²) in [5.74, 6) is 0. The Hall–Kier alpha value is -1.74. The zero-order valence-corrected chi connectivity index (χ0v) is 22.5. The van der Waals surface area contributed by atoms with E-state index in [1.807, 2.05) is 18.2 Å². The van der Waals surface area contributed by atoms with Crippen LogP contribution in [0.15, 0.2) is 91.0 Å². The van der Waals surface area contributed by atoms with Gasteiger partial charge in [0.15, 0.2) is 0 Å². The van der Waals surface area contributed by atoms with Crippen LogP contribution in [0.3, 0.4) is 0 Å². The first-order valence-electron chi connectivity index (χ1n) is 10.8. The van der Waals surface area contributed by atoms with E-state index in [0.717, 1.165) is 0 Å². The average molecular weight is 465 g/mol. The van der Waals surface area contributed by atoms with Crippen LogP contribution in [0.4, 0.5) is 0 Å². The van der Waals surface area contributed by atoms with E-state index in [1.54, 1.807) is 0 Å². The Balaban J connectivity index is 1.90. The fraction of sp³-hybridized carbons (Fsp3) is 0.250. The first-order valence-corrected chi connectivity index (χ1v) is 19.5. The first-order chi connectivity index (χ1) is 14.6. The molecule has 31 heavy (non-hydrogen) atoms. The van der Waals surface area contributed by atoms with Gasteiger partial charge < -0.3 is 13.0 Å². The van der Waals surface area contributed by atoms with Crippen LogP contribution in [0.5, 0.6) is 0 Å². The normalized spacial score (nSPS) is 12.6. The summed E-state index contributed by atoms with van der Waals surface area (Å²) in [7, 11) is -7.45. The van der Waals surface area contributed by atoms with Crippen LogP contribution < -0.4 is 15.6 Å². The van der Waals surface area contributed by atoms with Crippen molar-refractivity contribution in [1.82, 2.24) is 0 Å². The summed E-state index contributed by atoms with van der Waals surface area (Å²) in [6.07, 6.45) is 0. The Morgan fingerprint density at radius 2 is 0.645 bits per heavy atom. The van der Waals surface area contributed by atoms with Gasteiger partial charge in [-0.05, 0) is 54.8 Å². The molecule has 3 nitrogen and oxygen atoms in total. The monoisotopic (exact) mass is 464 g/mol. The molecule has 3 rings (SSSR count). The van der Waals surface area contributed by atoms with E-state index < -0.39 is 32.3 Å². The van der Waals surface area contributed by atoms with Crippen LogP contribution >= 0.6 is 0 Å². The van der Waals surface area contributed by atoms with Crippen LogP contribution in [0, 0.1) is 0 Å². The maximum atomic E-state index is 6.70. The molecular weight excluding hydrogens is 431 g/mol. The second-order valence-corrected chi connectivity index (χ2v) is 20.8. The molecule has 0 saturated carbocycles. The molecule has 0 N–H and O–H groups in total. The Morgan fingerprint density at radius 3 is 0.871 bits per heavy atom. The molecule has 0 fully saturated rings.